The maximum Gasteiger partial charge on any atom is 0.310 e. The smallest absolute Gasteiger partial charge is 0.310 e. The minimum Gasteiger partial charge on any atom is -0.496 e. The van der Waals surface area contributed by atoms with Crippen LogP contribution in [-0.2, 0) is 16.0 Å². The highest BCUT2D eigenvalue weighted by Gasteiger charge is 2.22. The molecule has 0 aliphatic carbocycles. The average molecular weight is 477 g/mol. The van der Waals surface area contributed by atoms with Gasteiger partial charge in [0.25, 0.3) is 5.91 Å². The number of nitrogens with one attached hydrogen (secondary N) is 2. The lowest BCUT2D eigenvalue weighted by atomic mass is 10.0. The molecule has 10 nitrogen and oxygen atoms in total. The van der Waals surface area contributed by atoms with E-state index in [1.807, 2.05) is 6.07 Å². The lowest BCUT2D eigenvalue weighted by Gasteiger charge is -2.15. The Morgan fingerprint density at radius 3 is 2.26 bits per heavy atom. The molecular weight excluding hydrogens is 454 g/mol. The molecule has 0 aromatic heterocycles. The fraction of sp³-hybridized carbons (Fsp3) is 0.200. The number of rotatable bonds is 7. The second kappa shape index (κ2) is 9.72. The number of aryl methyl sites for hydroxylation is 1. The number of carbonyl (C=O) groups excluding carboxylic acids is 2. The molecule has 0 radical (unpaired) electrons. The molecule has 2 N–H and O–H groups in total. The molecule has 0 atom stereocenters. The van der Waals surface area contributed by atoms with Crippen molar-refractivity contribution in [2.45, 2.75) is 12.8 Å². The summed E-state index contributed by atoms with van der Waals surface area (Å²) >= 11 is 0. The van der Waals surface area contributed by atoms with E-state index in [4.69, 9.17) is 14.2 Å². The third-order valence-electron chi connectivity index (χ3n) is 5.74. The van der Waals surface area contributed by atoms with Crippen LogP contribution < -0.4 is 20.1 Å². The van der Waals surface area contributed by atoms with Crippen molar-refractivity contribution >= 4 is 34.6 Å². The number of hydrogen-bond donors (Lipinski definition) is 2. The van der Waals surface area contributed by atoms with Crippen molar-refractivity contribution in [3.05, 3.63) is 69.8 Å². The SMILES string of the molecule is COC(=O)CCc1cc2c(cc1OC)NC(=O)c1ccc(-c3ccc([N+](=O)[O-])c(OC)c3)cc1N2. The summed E-state index contributed by atoms with van der Waals surface area (Å²) in [6, 6.07) is 13.4. The number of anilines is 3. The molecule has 1 aliphatic heterocycles. The Hall–Kier alpha value is -4.60. The first-order valence-electron chi connectivity index (χ1n) is 10.7. The number of esters is 1. The van der Waals surface area contributed by atoms with E-state index in [0.29, 0.717) is 40.4 Å². The Labute approximate surface area is 201 Å². The number of hydrogen-bond acceptors (Lipinski definition) is 8. The van der Waals surface area contributed by atoms with E-state index in [1.165, 1.54) is 27.4 Å². The Bertz CT molecular complexity index is 1340. The van der Waals surface area contributed by atoms with E-state index in [0.717, 1.165) is 11.1 Å². The molecule has 3 aromatic rings. The number of nitro groups is 1. The highest BCUT2D eigenvalue weighted by molar-refractivity contribution is 6.12. The molecule has 0 fully saturated rings. The number of carbonyl (C=O) groups is 2. The van der Waals surface area contributed by atoms with Gasteiger partial charge in [-0.25, -0.2) is 0 Å². The summed E-state index contributed by atoms with van der Waals surface area (Å²) in [5.41, 5.74) is 4.22. The van der Waals surface area contributed by atoms with Crippen molar-refractivity contribution < 1.29 is 28.7 Å². The number of nitrogens with zero attached hydrogens (tertiary/aromatic N) is 1. The maximum atomic E-state index is 12.9. The molecule has 0 unspecified atom stereocenters. The van der Waals surface area contributed by atoms with Crippen LogP contribution in [0.5, 0.6) is 11.5 Å². The van der Waals surface area contributed by atoms with Gasteiger partial charge in [-0.3, -0.25) is 19.7 Å². The fourth-order valence-electron chi connectivity index (χ4n) is 3.92. The van der Waals surface area contributed by atoms with E-state index in [1.54, 1.807) is 36.4 Å². The highest BCUT2D eigenvalue weighted by Crippen LogP contribution is 2.39. The van der Waals surface area contributed by atoms with Gasteiger partial charge in [0.05, 0.1) is 48.9 Å². The number of amides is 1. The summed E-state index contributed by atoms with van der Waals surface area (Å²) in [5, 5.41) is 17.4. The summed E-state index contributed by atoms with van der Waals surface area (Å²) in [7, 11) is 4.23. The highest BCUT2D eigenvalue weighted by atomic mass is 16.6. The first kappa shape index (κ1) is 23.6. The van der Waals surface area contributed by atoms with Crippen LogP contribution in [0, 0.1) is 10.1 Å². The van der Waals surface area contributed by atoms with E-state index >= 15 is 0 Å². The first-order chi connectivity index (χ1) is 16.8. The normalized spacial score (nSPS) is 11.8. The van der Waals surface area contributed by atoms with Gasteiger partial charge < -0.3 is 24.8 Å². The van der Waals surface area contributed by atoms with Gasteiger partial charge in [-0.1, -0.05) is 6.07 Å². The number of methoxy groups -OCH3 is 3. The number of fused-ring (bicyclic) bond motifs is 2. The van der Waals surface area contributed by atoms with E-state index in [-0.39, 0.29) is 29.7 Å². The molecule has 1 amide bonds. The van der Waals surface area contributed by atoms with Crippen molar-refractivity contribution in [2.24, 2.45) is 0 Å². The van der Waals surface area contributed by atoms with Crippen LogP contribution in [0.3, 0.4) is 0 Å². The van der Waals surface area contributed by atoms with Crippen LogP contribution in [0.15, 0.2) is 48.5 Å². The molecule has 0 saturated carbocycles. The van der Waals surface area contributed by atoms with Gasteiger partial charge in [0, 0.05) is 18.6 Å². The largest absolute Gasteiger partial charge is 0.496 e. The van der Waals surface area contributed by atoms with Crippen LogP contribution in [0.25, 0.3) is 11.1 Å². The third-order valence-corrected chi connectivity index (χ3v) is 5.74. The number of nitro benzene ring substituents is 1. The average Bonchev–Trinajstić information content (AvgIpc) is 3.00. The van der Waals surface area contributed by atoms with Gasteiger partial charge in [0.2, 0.25) is 0 Å². The van der Waals surface area contributed by atoms with Crippen LogP contribution in [0.4, 0.5) is 22.7 Å². The molecular formula is C25H23N3O7. The van der Waals surface area contributed by atoms with Gasteiger partial charge in [-0.05, 0) is 53.4 Å². The number of benzene rings is 3. The quantitative estimate of drug-likeness (QED) is 0.285. The van der Waals surface area contributed by atoms with Crippen molar-refractivity contribution in [3.63, 3.8) is 0 Å². The Morgan fingerprint density at radius 2 is 1.57 bits per heavy atom. The lowest BCUT2D eigenvalue weighted by Crippen LogP contribution is -2.11. The summed E-state index contributed by atoms with van der Waals surface area (Å²) in [4.78, 5) is 35.3. The van der Waals surface area contributed by atoms with Gasteiger partial charge in [0.1, 0.15) is 5.75 Å². The topological polar surface area (TPSA) is 129 Å². The standard InChI is InChI=1S/C25H23N3O7/c1-33-22-13-20-19(11-16(22)6-9-24(29)35-3)26-18-10-14(4-7-17(18)25(30)27-20)15-5-8-21(28(31)32)23(12-15)34-2/h4-5,7-8,10-13,26H,6,9H2,1-3H3,(H,27,30). The Balaban J connectivity index is 1.73. The molecule has 1 heterocycles. The van der Waals surface area contributed by atoms with Crippen LogP contribution >= 0.6 is 0 Å². The third kappa shape index (κ3) is 4.72. The van der Waals surface area contributed by atoms with E-state index in [9.17, 15) is 19.7 Å². The Kier molecular flexibility index (Phi) is 6.54. The van der Waals surface area contributed by atoms with Crippen molar-refractivity contribution in [1.29, 1.82) is 0 Å². The van der Waals surface area contributed by atoms with Crippen molar-refractivity contribution in [1.82, 2.24) is 0 Å². The van der Waals surface area contributed by atoms with E-state index in [2.05, 4.69) is 10.6 Å². The van der Waals surface area contributed by atoms with Gasteiger partial charge in [0.15, 0.2) is 5.75 Å². The van der Waals surface area contributed by atoms with Gasteiger partial charge >= 0.3 is 11.7 Å². The minimum atomic E-state index is -0.505. The number of ether oxygens (including phenoxy) is 3. The molecule has 0 spiro atoms. The summed E-state index contributed by atoms with van der Waals surface area (Å²) in [6.45, 7) is 0. The molecule has 0 saturated heterocycles. The van der Waals surface area contributed by atoms with Crippen LogP contribution in [0.2, 0.25) is 0 Å². The molecule has 3 aromatic carbocycles. The zero-order valence-corrected chi connectivity index (χ0v) is 19.3. The summed E-state index contributed by atoms with van der Waals surface area (Å²) in [6.07, 6.45) is 0.578. The van der Waals surface area contributed by atoms with Crippen molar-refractivity contribution in [2.75, 3.05) is 32.0 Å². The monoisotopic (exact) mass is 477 g/mol. The molecule has 1 aliphatic rings. The lowest BCUT2D eigenvalue weighted by molar-refractivity contribution is -0.385. The minimum absolute atomic E-state index is 0.133. The maximum absolute atomic E-state index is 12.9. The summed E-state index contributed by atoms with van der Waals surface area (Å²) < 4.78 is 15.4. The van der Waals surface area contributed by atoms with Gasteiger partial charge in [-0.15, -0.1) is 0 Å². The summed E-state index contributed by atoms with van der Waals surface area (Å²) in [5.74, 6) is 0.0421. The van der Waals surface area contributed by atoms with E-state index < -0.39 is 4.92 Å². The van der Waals surface area contributed by atoms with Crippen LogP contribution in [0.1, 0.15) is 22.3 Å². The predicted molar refractivity (Wildman–Crippen MR) is 130 cm³/mol. The molecule has 180 valence electrons. The molecule has 10 heteroatoms. The second-order valence-electron chi connectivity index (χ2n) is 7.77. The zero-order valence-electron chi connectivity index (χ0n) is 19.3. The molecule has 0 bridgehead atoms. The zero-order chi connectivity index (χ0) is 25.1. The fourth-order valence-corrected chi connectivity index (χ4v) is 3.92. The molecule has 35 heavy (non-hydrogen) atoms. The Morgan fingerprint density at radius 1 is 0.886 bits per heavy atom. The second-order valence-corrected chi connectivity index (χ2v) is 7.77. The van der Waals surface area contributed by atoms with Gasteiger partial charge in [-0.2, -0.15) is 0 Å². The first-order valence-corrected chi connectivity index (χ1v) is 10.7. The molecule has 4 rings (SSSR count). The van der Waals surface area contributed by atoms with Crippen molar-refractivity contribution in [3.8, 4) is 22.6 Å². The van der Waals surface area contributed by atoms with Crippen LogP contribution in [-0.4, -0.2) is 38.1 Å². The predicted octanol–water partition coefficient (Wildman–Crippen LogP) is 4.69.